The summed E-state index contributed by atoms with van der Waals surface area (Å²) >= 11 is 0. The minimum Gasteiger partial charge on any atom is -0.488 e. The summed E-state index contributed by atoms with van der Waals surface area (Å²) in [5, 5.41) is 9.30. The Morgan fingerprint density at radius 1 is 1.40 bits per heavy atom. The molecule has 4 rings (SSSR count). The van der Waals surface area contributed by atoms with Crippen molar-refractivity contribution >= 4 is 17.2 Å². The van der Waals surface area contributed by atoms with Gasteiger partial charge in [-0.1, -0.05) is 13.8 Å². The number of aromatic nitrogens is 1. The van der Waals surface area contributed by atoms with Crippen molar-refractivity contribution in [2.24, 2.45) is 5.92 Å². The standard InChI is InChI=1S/C18H19FN2O4/c1-9-3-4-20(6-9)15-13(19)7-21-14-11(10(2)8-25-16(14)15)5-12(17(21)22)18(23)24/h5,7,9-10H,3-4,6,8H2,1-2H3,(H,23,24)/t9?,10-/m0/s1. The van der Waals surface area contributed by atoms with Crippen LogP contribution in [0.3, 0.4) is 0 Å². The molecule has 1 saturated heterocycles. The minimum absolute atomic E-state index is 0.0861. The van der Waals surface area contributed by atoms with Crippen LogP contribution in [-0.2, 0) is 0 Å². The van der Waals surface area contributed by atoms with E-state index in [1.54, 1.807) is 0 Å². The maximum absolute atomic E-state index is 14.9. The molecule has 2 atom stereocenters. The van der Waals surface area contributed by atoms with Gasteiger partial charge in [0.25, 0.3) is 5.56 Å². The molecule has 7 heteroatoms. The third kappa shape index (κ3) is 2.29. The average Bonchev–Trinajstić information content (AvgIpc) is 2.98. The lowest BCUT2D eigenvalue weighted by Crippen LogP contribution is -2.29. The van der Waals surface area contributed by atoms with Crippen LogP contribution in [-0.4, -0.2) is 35.2 Å². The first-order valence-corrected chi connectivity index (χ1v) is 8.41. The van der Waals surface area contributed by atoms with Gasteiger partial charge in [-0.3, -0.25) is 9.20 Å². The highest BCUT2D eigenvalue weighted by Gasteiger charge is 2.32. The molecule has 2 aromatic heterocycles. The molecular formula is C18H19FN2O4. The van der Waals surface area contributed by atoms with Crippen LogP contribution in [0.4, 0.5) is 10.1 Å². The van der Waals surface area contributed by atoms with Crippen molar-refractivity contribution in [2.45, 2.75) is 26.2 Å². The monoisotopic (exact) mass is 346 g/mol. The first kappa shape index (κ1) is 15.9. The summed E-state index contributed by atoms with van der Waals surface area (Å²) in [6.45, 7) is 5.79. The highest BCUT2D eigenvalue weighted by Crippen LogP contribution is 2.43. The summed E-state index contributed by atoms with van der Waals surface area (Å²) in [5.74, 6) is -1.16. The number of hydrogen-bond acceptors (Lipinski definition) is 4. The van der Waals surface area contributed by atoms with Gasteiger partial charge in [0.2, 0.25) is 0 Å². The number of ether oxygens (including phenoxy) is 1. The summed E-state index contributed by atoms with van der Waals surface area (Å²) in [6.07, 6.45) is 2.06. The van der Waals surface area contributed by atoms with E-state index >= 15 is 0 Å². The number of carboxylic acids is 1. The molecule has 0 amide bonds. The van der Waals surface area contributed by atoms with Gasteiger partial charge in [-0.15, -0.1) is 0 Å². The lowest BCUT2D eigenvalue weighted by Gasteiger charge is -2.29. The Morgan fingerprint density at radius 3 is 2.80 bits per heavy atom. The van der Waals surface area contributed by atoms with Crippen molar-refractivity contribution in [3.8, 4) is 5.75 Å². The lowest BCUT2D eigenvalue weighted by atomic mass is 9.96. The maximum atomic E-state index is 14.9. The van der Waals surface area contributed by atoms with Crippen LogP contribution in [0.5, 0.6) is 5.75 Å². The van der Waals surface area contributed by atoms with E-state index in [9.17, 15) is 19.1 Å². The highest BCUT2D eigenvalue weighted by molar-refractivity contribution is 5.90. The smallest absolute Gasteiger partial charge is 0.341 e. The van der Waals surface area contributed by atoms with E-state index < -0.39 is 17.3 Å². The van der Waals surface area contributed by atoms with Gasteiger partial charge in [-0.2, -0.15) is 0 Å². The number of aromatic carboxylic acids is 1. The van der Waals surface area contributed by atoms with Crippen LogP contribution < -0.4 is 15.2 Å². The normalized spacial score (nSPS) is 22.3. The second-order valence-corrected chi connectivity index (χ2v) is 7.05. The predicted molar refractivity (Wildman–Crippen MR) is 90.5 cm³/mol. The first-order chi connectivity index (χ1) is 11.9. The van der Waals surface area contributed by atoms with Crippen molar-refractivity contribution in [3.63, 3.8) is 0 Å². The Labute approximate surface area is 143 Å². The van der Waals surface area contributed by atoms with Gasteiger partial charge in [0.05, 0.1) is 18.3 Å². The summed E-state index contributed by atoms with van der Waals surface area (Å²) in [4.78, 5) is 25.8. The van der Waals surface area contributed by atoms with Crippen LogP contribution in [0.25, 0.3) is 5.52 Å². The zero-order valence-electron chi connectivity index (χ0n) is 14.1. The number of halogens is 1. The molecule has 2 aromatic rings. The number of anilines is 1. The molecule has 132 valence electrons. The summed E-state index contributed by atoms with van der Waals surface area (Å²) in [7, 11) is 0. The van der Waals surface area contributed by atoms with Crippen LogP contribution in [0.2, 0.25) is 0 Å². The van der Waals surface area contributed by atoms with Crippen molar-refractivity contribution in [1.82, 2.24) is 4.40 Å². The van der Waals surface area contributed by atoms with E-state index in [0.717, 1.165) is 30.1 Å². The molecule has 1 N–H and O–H groups in total. The molecule has 0 spiro atoms. The van der Waals surface area contributed by atoms with Crippen molar-refractivity contribution in [1.29, 1.82) is 0 Å². The number of nitrogens with zero attached hydrogens (tertiary/aromatic N) is 2. The minimum atomic E-state index is -1.31. The van der Waals surface area contributed by atoms with E-state index in [2.05, 4.69) is 6.92 Å². The SMILES string of the molecule is CC1CCN(c2c(F)cn3c(=O)c(C(=O)O)cc4c3c2OC[C@@H]4C)C1. The average molecular weight is 346 g/mol. The second-order valence-electron chi connectivity index (χ2n) is 7.05. The molecule has 25 heavy (non-hydrogen) atoms. The van der Waals surface area contributed by atoms with Gasteiger partial charge in [0.1, 0.15) is 11.3 Å². The molecular weight excluding hydrogens is 327 g/mol. The number of carboxylic acid groups (broad SMARTS) is 1. The van der Waals surface area contributed by atoms with E-state index in [0.29, 0.717) is 35.0 Å². The van der Waals surface area contributed by atoms with Gasteiger partial charge >= 0.3 is 5.97 Å². The zero-order valence-corrected chi connectivity index (χ0v) is 14.1. The molecule has 1 fully saturated rings. The van der Waals surface area contributed by atoms with Crippen LogP contribution in [0, 0.1) is 11.7 Å². The molecule has 4 heterocycles. The van der Waals surface area contributed by atoms with E-state index in [1.165, 1.54) is 6.07 Å². The van der Waals surface area contributed by atoms with Gasteiger partial charge in [-0.05, 0) is 24.0 Å². The number of carbonyl (C=O) groups is 1. The van der Waals surface area contributed by atoms with E-state index in [4.69, 9.17) is 4.74 Å². The topological polar surface area (TPSA) is 71.2 Å². The molecule has 1 unspecified atom stereocenters. The molecule has 6 nitrogen and oxygen atoms in total. The molecule has 0 saturated carbocycles. The van der Waals surface area contributed by atoms with E-state index in [1.807, 2.05) is 11.8 Å². The fourth-order valence-corrected chi connectivity index (χ4v) is 3.81. The Balaban J connectivity index is 2.07. The largest absolute Gasteiger partial charge is 0.488 e. The van der Waals surface area contributed by atoms with Crippen molar-refractivity contribution in [2.75, 3.05) is 24.6 Å². The highest BCUT2D eigenvalue weighted by atomic mass is 19.1. The molecule has 0 bridgehead atoms. The van der Waals surface area contributed by atoms with Gasteiger partial charge in [0.15, 0.2) is 11.6 Å². The van der Waals surface area contributed by atoms with Gasteiger partial charge in [0, 0.05) is 19.0 Å². The molecule has 0 aliphatic carbocycles. The Kier molecular flexibility index (Phi) is 3.49. The molecule has 0 aromatic carbocycles. The second kappa shape index (κ2) is 5.47. The van der Waals surface area contributed by atoms with Gasteiger partial charge < -0.3 is 14.7 Å². The predicted octanol–water partition coefficient (Wildman–Crippen LogP) is 2.48. The van der Waals surface area contributed by atoms with Crippen LogP contribution in [0.15, 0.2) is 17.1 Å². The molecule has 0 radical (unpaired) electrons. The van der Waals surface area contributed by atoms with Crippen LogP contribution in [0.1, 0.15) is 42.1 Å². The number of hydrogen-bond donors (Lipinski definition) is 1. The van der Waals surface area contributed by atoms with Crippen molar-refractivity contribution < 1.29 is 19.0 Å². The fourth-order valence-electron chi connectivity index (χ4n) is 3.81. The lowest BCUT2D eigenvalue weighted by molar-refractivity contribution is 0.0694. The Morgan fingerprint density at radius 2 is 2.16 bits per heavy atom. The summed E-state index contributed by atoms with van der Waals surface area (Å²) < 4.78 is 21.8. The quantitative estimate of drug-likeness (QED) is 0.905. The van der Waals surface area contributed by atoms with E-state index in [-0.39, 0.29) is 11.5 Å². The molecule has 2 aliphatic rings. The zero-order chi connectivity index (χ0) is 17.9. The van der Waals surface area contributed by atoms with Crippen molar-refractivity contribution in [3.05, 3.63) is 39.6 Å². The number of pyridine rings is 2. The van der Waals surface area contributed by atoms with Gasteiger partial charge in [-0.25, -0.2) is 9.18 Å². The summed E-state index contributed by atoms with van der Waals surface area (Å²) in [6, 6.07) is 1.41. The Bertz CT molecular complexity index is 952. The molecule has 2 aliphatic heterocycles. The first-order valence-electron chi connectivity index (χ1n) is 8.41. The third-order valence-corrected chi connectivity index (χ3v) is 5.14. The Hall–Kier alpha value is -2.57. The summed E-state index contributed by atoms with van der Waals surface area (Å²) in [5.41, 5.74) is 0.455. The fraction of sp³-hybridized carbons (Fsp3) is 0.444. The third-order valence-electron chi connectivity index (χ3n) is 5.14. The maximum Gasteiger partial charge on any atom is 0.341 e. The van der Waals surface area contributed by atoms with Crippen LogP contribution >= 0.6 is 0 Å². The number of rotatable bonds is 2.